The lowest BCUT2D eigenvalue weighted by molar-refractivity contribution is 0.0164. The van der Waals surface area contributed by atoms with Crippen LogP contribution in [0.25, 0.3) is 10.9 Å². The molecule has 2 aromatic heterocycles. The number of carbonyl (C=O) groups is 1. The normalized spacial score (nSPS) is 15.9. The molecule has 0 unspecified atom stereocenters. The maximum Gasteiger partial charge on any atom is 0.410 e. The Morgan fingerprint density at radius 1 is 1.35 bits per heavy atom. The zero-order valence-electron chi connectivity index (χ0n) is 15.4. The van der Waals surface area contributed by atoms with Crippen LogP contribution in [0.1, 0.15) is 33.6 Å². The first kappa shape index (κ1) is 18.7. The van der Waals surface area contributed by atoms with E-state index in [1.165, 1.54) is 0 Å². The first-order chi connectivity index (χ1) is 12.3. The van der Waals surface area contributed by atoms with E-state index >= 15 is 0 Å². The van der Waals surface area contributed by atoms with Crippen molar-refractivity contribution >= 4 is 28.6 Å². The van der Waals surface area contributed by atoms with Crippen LogP contribution in [0.5, 0.6) is 5.88 Å². The summed E-state index contributed by atoms with van der Waals surface area (Å²) in [6.45, 7) is 7.52. The van der Waals surface area contributed by atoms with Crippen LogP contribution < -0.4 is 4.74 Å². The number of halogens is 1. The Morgan fingerprint density at radius 2 is 2.08 bits per heavy atom. The minimum absolute atomic E-state index is 0.245. The van der Waals surface area contributed by atoms with Crippen molar-refractivity contribution in [3.8, 4) is 5.88 Å². The minimum atomic E-state index is -0.468. The molecule has 7 heteroatoms. The third-order valence-corrected chi connectivity index (χ3v) is 4.45. The standard InChI is InChI=1S/C19H24ClN3O3/c1-19(2,3)26-18(24)23-9-6-13(7-10-23)12-25-17-14-5-4-8-21-15(14)11-16(20)22-17/h4-5,8,11,13H,6-7,9-10,12H2,1-3H3. The van der Waals surface area contributed by atoms with E-state index in [1.807, 2.05) is 32.9 Å². The number of carbonyl (C=O) groups excluding carboxylic acids is 1. The number of hydrogen-bond acceptors (Lipinski definition) is 5. The highest BCUT2D eigenvalue weighted by Crippen LogP contribution is 2.27. The van der Waals surface area contributed by atoms with Gasteiger partial charge in [-0.05, 0) is 51.7 Å². The van der Waals surface area contributed by atoms with E-state index in [1.54, 1.807) is 17.2 Å². The van der Waals surface area contributed by atoms with Crippen molar-refractivity contribution in [2.45, 2.75) is 39.2 Å². The van der Waals surface area contributed by atoms with Crippen LogP contribution in [0.4, 0.5) is 4.79 Å². The lowest BCUT2D eigenvalue weighted by atomic mass is 9.98. The molecule has 0 aromatic carbocycles. The SMILES string of the molecule is CC(C)(C)OC(=O)N1CCC(COc2nc(Cl)cc3ncccc23)CC1. The fourth-order valence-electron chi connectivity index (χ4n) is 2.93. The second kappa shape index (κ2) is 7.66. The third-order valence-electron chi connectivity index (χ3n) is 4.26. The smallest absolute Gasteiger partial charge is 0.410 e. The van der Waals surface area contributed by atoms with Crippen LogP contribution in [-0.4, -0.2) is 46.3 Å². The van der Waals surface area contributed by atoms with Gasteiger partial charge in [-0.25, -0.2) is 9.78 Å². The first-order valence-electron chi connectivity index (χ1n) is 8.84. The Hall–Kier alpha value is -2.08. The van der Waals surface area contributed by atoms with Gasteiger partial charge >= 0.3 is 6.09 Å². The van der Waals surface area contributed by atoms with E-state index < -0.39 is 5.60 Å². The number of pyridine rings is 2. The van der Waals surface area contributed by atoms with Gasteiger partial charge in [0, 0.05) is 25.4 Å². The molecule has 3 rings (SSSR count). The number of aromatic nitrogens is 2. The average molecular weight is 378 g/mol. The molecule has 0 N–H and O–H groups in total. The lowest BCUT2D eigenvalue weighted by Gasteiger charge is -2.33. The highest BCUT2D eigenvalue weighted by molar-refractivity contribution is 6.30. The molecule has 0 saturated carbocycles. The number of amides is 1. The van der Waals surface area contributed by atoms with Crippen molar-refractivity contribution in [1.29, 1.82) is 0 Å². The van der Waals surface area contributed by atoms with Gasteiger partial charge < -0.3 is 14.4 Å². The number of hydrogen-bond donors (Lipinski definition) is 0. The van der Waals surface area contributed by atoms with Crippen LogP contribution in [0.2, 0.25) is 5.15 Å². The maximum absolute atomic E-state index is 12.1. The largest absolute Gasteiger partial charge is 0.477 e. The minimum Gasteiger partial charge on any atom is -0.477 e. The van der Waals surface area contributed by atoms with E-state index in [-0.39, 0.29) is 6.09 Å². The van der Waals surface area contributed by atoms with Crippen LogP contribution in [0.3, 0.4) is 0 Å². The number of piperidine rings is 1. The number of nitrogens with zero attached hydrogens (tertiary/aromatic N) is 3. The fourth-order valence-corrected chi connectivity index (χ4v) is 3.11. The van der Waals surface area contributed by atoms with E-state index in [2.05, 4.69) is 9.97 Å². The summed E-state index contributed by atoms with van der Waals surface area (Å²) in [6.07, 6.45) is 3.21. The van der Waals surface area contributed by atoms with Gasteiger partial charge in [0.1, 0.15) is 10.8 Å². The highest BCUT2D eigenvalue weighted by Gasteiger charge is 2.27. The number of likely N-dealkylation sites (tertiary alicyclic amines) is 1. The van der Waals surface area contributed by atoms with Crippen LogP contribution in [0, 0.1) is 5.92 Å². The van der Waals surface area contributed by atoms with Gasteiger partial charge in [0.05, 0.1) is 17.5 Å². The summed E-state index contributed by atoms with van der Waals surface area (Å²) in [6, 6.07) is 5.50. The predicted octanol–water partition coefficient (Wildman–Crippen LogP) is 4.31. The molecule has 0 atom stereocenters. The molecule has 1 aliphatic heterocycles. The third kappa shape index (κ3) is 4.75. The average Bonchev–Trinajstić information content (AvgIpc) is 2.58. The summed E-state index contributed by atoms with van der Waals surface area (Å²) in [5, 5.41) is 1.22. The molecular weight excluding hydrogens is 354 g/mol. The molecule has 1 amide bonds. The van der Waals surface area contributed by atoms with Crippen molar-refractivity contribution in [1.82, 2.24) is 14.9 Å². The Balaban J connectivity index is 1.55. The van der Waals surface area contributed by atoms with Gasteiger partial charge in [-0.15, -0.1) is 0 Å². The van der Waals surface area contributed by atoms with E-state index in [4.69, 9.17) is 21.1 Å². The van der Waals surface area contributed by atoms with E-state index in [9.17, 15) is 4.79 Å². The Labute approximate surface area is 158 Å². The lowest BCUT2D eigenvalue weighted by Crippen LogP contribution is -2.42. The zero-order valence-corrected chi connectivity index (χ0v) is 16.1. The molecule has 0 aliphatic carbocycles. The monoisotopic (exact) mass is 377 g/mol. The van der Waals surface area contributed by atoms with Crippen LogP contribution in [-0.2, 0) is 4.74 Å². The summed E-state index contributed by atoms with van der Waals surface area (Å²) < 4.78 is 11.4. The summed E-state index contributed by atoms with van der Waals surface area (Å²) in [5.74, 6) is 0.872. The molecule has 1 fully saturated rings. The number of rotatable bonds is 3. The Kier molecular flexibility index (Phi) is 5.51. The van der Waals surface area contributed by atoms with Gasteiger partial charge in [0.2, 0.25) is 5.88 Å². The van der Waals surface area contributed by atoms with Crippen molar-refractivity contribution in [2.24, 2.45) is 5.92 Å². The quantitative estimate of drug-likeness (QED) is 0.746. The summed E-state index contributed by atoms with van der Waals surface area (Å²) in [7, 11) is 0. The maximum atomic E-state index is 12.1. The Morgan fingerprint density at radius 3 is 2.77 bits per heavy atom. The van der Waals surface area contributed by atoms with Gasteiger partial charge in [0.15, 0.2) is 0 Å². The molecule has 1 saturated heterocycles. The molecule has 0 spiro atoms. The van der Waals surface area contributed by atoms with Crippen molar-refractivity contribution in [2.75, 3.05) is 19.7 Å². The van der Waals surface area contributed by atoms with Gasteiger partial charge in [-0.3, -0.25) is 4.98 Å². The Bertz CT molecular complexity index is 783. The molecule has 2 aromatic rings. The van der Waals surface area contributed by atoms with Crippen molar-refractivity contribution in [3.05, 3.63) is 29.5 Å². The van der Waals surface area contributed by atoms with Crippen molar-refractivity contribution < 1.29 is 14.3 Å². The van der Waals surface area contributed by atoms with Gasteiger partial charge in [-0.2, -0.15) is 0 Å². The molecule has 26 heavy (non-hydrogen) atoms. The second-order valence-electron chi connectivity index (χ2n) is 7.54. The summed E-state index contributed by atoms with van der Waals surface area (Å²) in [5.41, 5.74) is 0.298. The first-order valence-corrected chi connectivity index (χ1v) is 9.21. The molecule has 1 aliphatic rings. The number of ether oxygens (including phenoxy) is 2. The zero-order chi connectivity index (χ0) is 18.7. The van der Waals surface area contributed by atoms with Gasteiger partial charge in [0.25, 0.3) is 0 Å². The molecule has 3 heterocycles. The molecule has 0 bridgehead atoms. The molecular formula is C19H24ClN3O3. The van der Waals surface area contributed by atoms with E-state index in [0.717, 1.165) is 23.7 Å². The fraction of sp³-hybridized carbons (Fsp3) is 0.526. The predicted molar refractivity (Wildman–Crippen MR) is 101 cm³/mol. The second-order valence-corrected chi connectivity index (χ2v) is 7.93. The molecule has 6 nitrogen and oxygen atoms in total. The summed E-state index contributed by atoms with van der Waals surface area (Å²) in [4.78, 5) is 22.5. The van der Waals surface area contributed by atoms with Crippen LogP contribution in [0.15, 0.2) is 24.4 Å². The van der Waals surface area contributed by atoms with E-state index in [0.29, 0.717) is 36.6 Å². The van der Waals surface area contributed by atoms with Crippen molar-refractivity contribution in [3.63, 3.8) is 0 Å². The van der Waals surface area contributed by atoms with Crippen LogP contribution >= 0.6 is 11.6 Å². The van der Waals surface area contributed by atoms with Gasteiger partial charge in [-0.1, -0.05) is 11.6 Å². The molecule has 0 radical (unpaired) electrons. The highest BCUT2D eigenvalue weighted by atomic mass is 35.5. The summed E-state index contributed by atoms with van der Waals surface area (Å²) >= 11 is 6.06. The molecule has 140 valence electrons. The topological polar surface area (TPSA) is 64.5 Å². The number of fused-ring (bicyclic) bond motifs is 1.